The van der Waals surface area contributed by atoms with Crippen LogP contribution < -0.4 is 0 Å². The number of hydrogen-bond donors (Lipinski definition) is 0. The zero-order chi connectivity index (χ0) is 38.5. The van der Waals surface area contributed by atoms with Crippen molar-refractivity contribution in [2.45, 2.75) is 220 Å². The monoisotopic (exact) mass is 755 g/mol. The highest BCUT2D eigenvalue weighted by molar-refractivity contribution is 5.28. The lowest BCUT2D eigenvalue weighted by Gasteiger charge is -2.57. The summed E-state index contributed by atoms with van der Waals surface area (Å²) in [7, 11) is 0. The van der Waals surface area contributed by atoms with E-state index < -0.39 is 0 Å². The molecule has 0 unspecified atom stereocenters. The smallest absolute Gasteiger partial charge is 0.0563 e. The summed E-state index contributed by atoms with van der Waals surface area (Å²) in [5.41, 5.74) is 1.45. The summed E-state index contributed by atoms with van der Waals surface area (Å²) in [6.45, 7) is 11.2. The summed E-state index contributed by atoms with van der Waals surface area (Å²) in [4.78, 5) is 0. The predicted molar refractivity (Wildman–Crippen MR) is 239 cm³/mol. The molecule has 6 aliphatic carbocycles. The Morgan fingerprint density at radius 1 is 0.436 bits per heavy atom. The molecule has 0 heterocycles. The summed E-state index contributed by atoms with van der Waals surface area (Å²) in [5.74, 6) is 4.65. The summed E-state index contributed by atoms with van der Waals surface area (Å²) in [6, 6.07) is 0. The molecule has 6 aliphatic rings. The standard InChI is InChI=1S/C54H90O/c1-5-9-19-45-21-25-49(26-22-45)53(35-15-13-16-36-53)51(33-11-7-3)39-29-47(30-40-51)43-55-44-48-31-41-52(42-32-48,34-12-8-4)54(37-17-14-18-38-54)50-27-23-46(24-28-50)20-10-6-2/h29-32,39-42,45-50H,5-28,33-38,43-44H2,1-4H3/t45-,46-,47-,48-,49-,50-,51-,52-. The van der Waals surface area contributed by atoms with E-state index in [1.54, 1.807) is 0 Å². The van der Waals surface area contributed by atoms with Crippen LogP contribution in [0.4, 0.5) is 0 Å². The highest BCUT2D eigenvalue weighted by Gasteiger charge is 2.55. The largest absolute Gasteiger partial charge is 0.380 e. The molecule has 0 aromatic rings. The Labute approximate surface area is 342 Å². The molecular formula is C54H90O. The zero-order valence-corrected chi connectivity index (χ0v) is 37.1. The van der Waals surface area contributed by atoms with Crippen molar-refractivity contribution in [2.75, 3.05) is 13.2 Å². The lowest BCUT2D eigenvalue weighted by atomic mass is 9.47. The van der Waals surface area contributed by atoms with Gasteiger partial charge in [0.05, 0.1) is 13.2 Å². The Hall–Kier alpha value is -1.08. The molecule has 0 bridgehead atoms. The Morgan fingerprint density at radius 3 is 1.11 bits per heavy atom. The van der Waals surface area contributed by atoms with E-state index in [0.29, 0.717) is 22.7 Å². The average Bonchev–Trinajstić information content (AvgIpc) is 3.25. The molecule has 0 aromatic heterocycles. The second-order valence-electron chi connectivity index (χ2n) is 20.7. The SMILES string of the molecule is CCCC[C@H]1CC[C@H](C2([C@]3(CCCC)C=C[C@@H](COC[C@H]4C=C[C@](CCCC)(C5([C@H]6CC[C@H](CCCC)CC6)CCCCC5)C=C4)C=C3)CCCCC2)CC1. The third-order valence-corrected chi connectivity index (χ3v) is 17.6. The lowest BCUT2D eigenvalue weighted by molar-refractivity contribution is -0.0294. The van der Waals surface area contributed by atoms with Crippen LogP contribution in [0.25, 0.3) is 0 Å². The van der Waals surface area contributed by atoms with Crippen molar-refractivity contribution < 1.29 is 4.74 Å². The molecule has 0 spiro atoms. The molecule has 0 saturated heterocycles. The molecule has 312 valence electrons. The van der Waals surface area contributed by atoms with Gasteiger partial charge < -0.3 is 4.74 Å². The molecule has 4 fully saturated rings. The molecular weight excluding hydrogens is 665 g/mol. The second kappa shape index (κ2) is 21.3. The van der Waals surface area contributed by atoms with Crippen LogP contribution in [0.15, 0.2) is 48.6 Å². The Balaban J connectivity index is 1.09. The quantitative estimate of drug-likeness (QED) is 0.112. The normalized spacial score (nSPS) is 35.9. The maximum absolute atomic E-state index is 6.67. The van der Waals surface area contributed by atoms with E-state index in [2.05, 4.69) is 76.3 Å². The van der Waals surface area contributed by atoms with Crippen molar-refractivity contribution in [2.24, 2.45) is 57.2 Å². The fourth-order valence-corrected chi connectivity index (χ4v) is 14.3. The highest BCUT2D eigenvalue weighted by atomic mass is 16.5. The van der Waals surface area contributed by atoms with Crippen molar-refractivity contribution in [3.63, 3.8) is 0 Å². The molecule has 4 saturated carbocycles. The van der Waals surface area contributed by atoms with E-state index in [1.165, 1.54) is 193 Å². The average molecular weight is 755 g/mol. The van der Waals surface area contributed by atoms with Crippen LogP contribution in [-0.2, 0) is 4.74 Å². The van der Waals surface area contributed by atoms with Gasteiger partial charge in [0.15, 0.2) is 0 Å². The fraction of sp³-hybridized carbons (Fsp3) is 0.852. The Bertz CT molecular complexity index is 1080. The summed E-state index contributed by atoms with van der Waals surface area (Å²) < 4.78 is 6.67. The van der Waals surface area contributed by atoms with Gasteiger partial charge in [0.2, 0.25) is 0 Å². The van der Waals surface area contributed by atoms with Crippen LogP contribution >= 0.6 is 0 Å². The molecule has 55 heavy (non-hydrogen) atoms. The summed E-state index contributed by atoms with van der Waals surface area (Å²) in [6.07, 6.45) is 64.5. The van der Waals surface area contributed by atoms with Crippen LogP contribution in [0.2, 0.25) is 0 Å². The van der Waals surface area contributed by atoms with E-state index in [4.69, 9.17) is 4.74 Å². The van der Waals surface area contributed by atoms with E-state index in [1.807, 2.05) is 0 Å². The topological polar surface area (TPSA) is 9.23 Å². The van der Waals surface area contributed by atoms with Gasteiger partial charge in [-0.05, 0) is 98.7 Å². The third kappa shape index (κ3) is 10.0. The van der Waals surface area contributed by atoms with Crippen LogP contribution in [0.1, 0.15) is 220 Å². The van der Waals surface area contributed by atoms with E-state index in [9.17, 15) is 0 Å². The second-order valence-corrected chi connectivity index (χ2v) is 20.7. The first-order valence-corrected chi connectivity index (χ1v) is 25.3. The number of allylic oxidation sites excluding steroid dienone is 4. The van der Waals surface area contributed by atoms with Crippen molar-refractivity contribution >= 4 is 0 Å². The van der Waals surface area contributed by atoms with Gasteiger partial charge in [-0.25, -0.2) is 0 Å². The van der Waals surface area contributed by atoms with Gasteiger partial charge in [-0.3, -0.25) is 0 Å². The maximum Gasteiger partial charge on any atom is 0.0563 e. The molecule has 0 amide bonds. The van der Waals surface area contributed by atoms with Crippen LogP contribution in [0, 0.1) is 57.2 Å². The fourth-order valence-electron chi connectivity index (χ4n) is 14.3. The summed E-state index contributed by atoms with van der Waals surface area (Å²) >= 11 is 0. The van der Waals surface area contributed by atoms with Crippen LogP contribution in [0.3, 0.4) is 0 Å². The van der Waals surface area contributed by atoms with Crippen LogP contribution in [-0.4, -0.2) is 13.2 Å². The van der Waals surface area contributed by atoms with Crippen molar-refractivity contribution in [3.8, 4) is 0 Å². The maximum atomic E-state index is 6.67. The van der Waals surface area contributed by atoms with Crippen molar-refractivity contribution in [3.05, 3.63) is 48.6 Å². The Kier molecular flexibility index (Phi) is 16.8. The summed E-state index contributed by atoms with van der Waals surface area (Å²) in [5, 5.41) is 0. The minimum absolute atomic E-state index is 0.251. The van der Waals surface area contributed by atoms with Crippen LogP contribution in [0.5, 0.6) is 0 Å². The molecule has 1 heteroatoms. The first-order valence-electron chi connectivity index (χ1n) is 25.3. The zero-order valence-electron chi connectivity index (χ0n) is 37.1. The highest BCUT2D eigenvalue weighted by Crippen LogP contribution is 2.64. The van der Waals surface area contributed by atoms with E-state index >= 15 is 0 Å². The first-order chi connectivity index (χ1) is 27.0. The number of ether oxygens (including phenoxy) is 1. The van der Waals surface area contributed by atoms with Gasteiger partial charge in [0.1, 0.15) is 0 Å². The van der Waals surface area contributed by atoms with Gasteiger partial charge in [0, 0.05) is 22.7 Å². The van der Waals surface area contributed by atoms with E-state index in [-0.39, 0.29) is 10.8 Å². The Morgan fingerprint density at radius 2 is 0.782 bits per heavy atom. The van der Waals surface area contributed by atoms with Gasteiger partial charge in [-0.15, -0.1) is 0 Å². The molecule has 0 radical (unpaired) electrons. The van der Waals surface area contributed by atoms with E-state index in [0.717, 1.165) is 36.9 Å². The minimum Gasteiger partial charge on any atom is -0.380 e. The number of hydrogen-bond acceptors (Lipinski definition) is 1. The molecule has 0 aromatic carbocycles. The molecule has 1 nitrogen and oxygen atoms in total. The number of rotatable bonds is 20. The van der Waals surface area contributed by atoms with Gasteiger partial charge in [-0.2, -0.15) is 0 Å². The first kappa shape index (κ1) is 43.5. The molecule has 6 rings (SSSR count). The van der Waals surface area contributed by atoms with Gasteiger partial charge in [-0.1, -0.05) is 205 Å². The lowest BCUT2D eigenvalue weighted by Crippen LogP contribution is -2.48. The van der Waals surface area contributed by atoms with Crippen molar-refractivity contribution in [1.29, 1.82) is 0 Å². The minimum atomic E-state index is 0.251. The van der Waals surface area contributed by atoms with Crippen molar-refractivity contribution in [1.82, 2.24) is 0 Å². The number of unbranched alkanes of at least 4 members (excludes halogenated alkanes) is 4. The molecule has 0 N–H and O–H groups in total. The third-order valence-electron chi connectivity index (χ3n) is 17.6. The molecule has 0 atom stereocenters. The molecule has 0 aliphatic heterocycles. The van der Waals surface area contributed by atoms with Gasteiger partial charge in [0.25, 0.3) is 0 Å². The predicted octanol–water partition coefficient (Wildman–Crippen LogP) is 16.7. The van der Waals surface area contributed by atoms with Gasteiger partial charge >= 0.3 is 0 Å².